The number of nitrogens with zero attached hydrogens (tertiary/aromatic N) is 1. The Morgan fingerprint density at radius 2 is 1.41 bits per heavy atom. The number of hydrogen-bond donors (Lipinski definition) is 0. The highest BCUT2D eigenvalue weighted by molar-refractivity contribution is 4.93. The molecule has 0 saturated heterocycles. The minimum Gasteiger partial charge on any atom is -0.298 e. The van der Waals surface area contributed by atoms with Gasteiger partial charge in [-0.05, 0) is 38.3 Å². The van der Waals surface area contributed by atoms with Crippen molar-refractivity contribution in [2.24, 2.45) is 5.92 Å². The average molecular weight is 241 g/mol. The minimum atomic E-state index is 0.452. The molecule has 0 aromatic carbocycles. The summed E-state index contributed by atoms with van der Waals surface area (Å²) in [4.78, 5) is 2.72. The van der Waals surface area contributed by atoms with Crippen LogP contribution in [0.15, 0.2) is 0 Å². The summed E-state index contributed by atoms with van der Waals surface area (Å²) in [6.45, 7) is 16.5. The smallest absolute Gasteiger partial charge is 0.0232 e. The van der Waals surface area contributed by atoms with Gasteiger partial charge in [-0.1, -0.05) is 60.8 Å². The van der Waals surface area contributed by atoms with Gasteiger partial charge < -0.3 is 0 Å². The third-order valence-electron chi connectivity index (χ3n) is 4.78. The van der Waals surface area contributed by atoms with Gasteiger partial charge in [0.05, 0.1) is 0 Å². The molecule has 1 nitrogen and oxygen atoms in total. The Morgan fingerprint density at radius 3 is 1.71 bits per heavy atom. The first-order chi connectivity index (χ1) is 8.16. The molecule has 1 heteroatoms. The molecule has 0 aromatic rings. The van der Waals surface area contributed by atoms with Gasteiger partial charge in [-0.25, -0.2) is 0 Å². The number of hydrogen-bond acceptors (Lipinski definition) is 1. The Balaban J connectivity index is 4.97. The van der Waals surface area contributed by atoms with E-state index in [2.05, 4.69) is 46.4 Å². The third kappa shape index (κ3) is 3.98. The minimum absolute atomic E-state index is 0.452. The standard InChI is InChI=1S/C16H35N/c1-7-13-14-15(8-2)16(9-3,10-4)17(11-5)12-6/h15H,7-14H2,1-6H3. The summed E-state index contributed by atoms with van der Waals surface area (Å²) in [5.41, 5.74) is 0.452. The lowest BCUT2D eigenvalue weighted by Gasteiger charge is -2.48. The summed E-state index contributed by atoms with van der Waals surface area (Å²) in [7, 11) is 0. The first-order valence-corrected chi connectivity index (χ1v) is 7.91. The maximum atomic E-state index is 2.72. The van der Waals surface area contributed by atoms with Crippen LogP contribution in [-0.2, 0) is 0 Å². The lowest BCUT2D eigenvalue weighted by Crippen LogP contribution is -2.53. The van der Waals surface area contributed by atoms with Crippen LogP contribution in [0.25, 0.3) is 0 Å². The zero-order valence-corrected chi connectivity index (χ0v) is 13.2. The fourth-order valence-electron chi connectivity index (χ4n) is 3.69. The van der Waals surface area contributed by atoms with Gasteiger partial charge in [0.15, 0.2) is 0 Å². The molecular formula is C16H35N. The van der Waals surface area contributed by atoms with Crippen LogP contribution in [0.4, 0.5) is 0 Å². The molecule has 0 aromatic heterocycles. The maximum Gasteiger partial charge on any atom is 0.0232 e. The van der Waals surface area contributed by atoms with Crippen molar-refractivity contribution in [3.63, 3.8) is 0 Å². The van der Waals surface area contributed by atoms with Crippen LogP contribution in [0, 0.1) is 5.92 Å². The summed E-state index contributed by atoms with van der Waals surface area (Å²) in [6.07, 6.45) is 8.06. The Bertz CT molecular complexity index is 168. The van der Waals surface area contributed by atoms with Crippen LogP contribution in [0.3, 0.4) is 0 Å². The Labute approximate surface area is 110 Å². The Morgan fingerprint density at radius 1 is 0.882 bits per heavy atom. The first kappa shape index (κ1) is 17.0. The van der Waals surface area contributed by atoms with Crippen molar-refractivity contribution in [2.45, 2.75) is 85.6 Å². The molecule has 0 saturated carbocycles. The molecule has 0 rings (SSSR count). The molecule has 0 spiro atoms. The zero-order valence-electron chi connectivity index (χ0n) is 13.2. The van der Waals surface area contributed by atoms with Gasteiger partial charge in [-0.2, -0.15) is 0 Å². The van der Waals surface area contributed by atoms with Crippen LogP contribution in [0.5, 0.6) is 0 Å². The van der Waals surface area contributed by atoms with Gasteiger partial charge in [0.25, 0.3) is 0 Å². The molecule has 1 atom stereocenters. The van der Waals surface area contributed by atoms with E-state index in [9.17, 15) is 0 Å². The summed E-state index contributed by atoms with van der Waals surface area (Å²) >= 11 is 0. The van der Waals surface area contributed by atoms with Gasteiger partial charge in [-0.3, -0.25) is 4.90 Å². The van der Waals surface area contributed by atoms with Crippen molar-refractivity contribution >= 4 is 0 Å². The van der Waals surface area contributed by atoms with E-state index in [4.69, 9.17) is 0 Å². The fraction of sp³-hybridized carbons (Fsp3) is 1.00. The molecule has 0 aliphatic heterocycles. The molecule has 0 heterocycles. The Kier molecular flexibility index (Phi) is 8.94. The van der Waals surface area contributed by atoms with Gasteiger partial charge >= 0.3 is 0 Å². The second kappa shape index (κ2) is 8.97. The quantitative estimate of drug-likeness (QED) is 0.514. The van der Waals surface area contributed by atoms with Gasteiger partial charge in [-0.15, -0.1) is 0 Å². The second-order valence-corrected chi connectivity index (χ2v) is 5.23. The molecule has 0 bridgehead atoms. The van der Waals surface area contributed by atoms with Crippen molar-refractivity contribution in [3.05, 3.63) is 0 Å². The molecule has 0 aliphatic carbocycles. The molecule has 0 amide bonds. The topological polar surface area (TPSA) is 3.24 Å². The molecule has 0 N–H and O–H groups in total. The predicted octanol–water partition coefficient (Wildman–Crippen LogP) is 5.10. The molecule has 0 radical (unpaired) electrons. The third-order valence-corrected chi connectivity index (χ3v) is 4.78. The van der Waals surface area contributed by atoms with Gasteiger partial charge in [0, 0.05) is 5.54 Å². The predicted molar refractivity (Wildman–Crippen MR) is 79.5 cm³/mol. The van der Waals surface area contributed by atoms with Crippen LogP contribution in [0.2, 0.25) is 0 Å². The monoisotopic (exact) mass is 241 g/mol. The van der Waals surface area contributed by atoms with Crippen LogP contribution < -0.4 is 0 Å². The van der Waals surface area contributed by atoms with Crippen LogP contribution >= 0.6 is 0 Å². The van der Waals surface area contributed by atoms with Crippen LogP contribution in [-0.4, -0.2) is 23.5 Å². The first-order valence-electron chi connectivity index (χ1n) is 7.91. The molecule has 0 fully saturated rings. The van der Waals surface area contributed by atoms with Crippen molar-refractivity contribution in [1.29, 1.82) is 0 Å². The van der Waals surface area contributed by atoms with Crippen LogP contribution in [0.1, 0.15) is 80.1 Å². The van der Waals surface area contributed by atoms with Crippen molar-refractivity contribution in [1.82, 2.24) is 4.90 Å². The summed E-state index contributed by atoms with van der Waals surface area (Å²) < 4.78 is 0. The van der Waals surface area contributed by atoms with Crippen molar-refractivity contribution in [2.75, 3.05) is 13.1 Å². The molecule has 17 heavy (non-hydrogen) atoms. The number of rotatable bonds is 10. The highest BCUT2D eigenvalue weighted by Crippen LogP contribution is 2.37. The Hall–Kier alpha value is -0.0400. The summed E-state index contributed by atoms with van der Waals surface area (Å²) in [5, 5.41) is 0. The SMILES string of the molecule is CCCCC(CC)C(CC)(CC)N(CC)CC. The van der Waals surface area contributed by atoms with E-state index >= 15 is 0 Å². The van der Waals surface area contributed by atoms with Crippen molar-refractivity contribution < 1.29 is 0 Å². The van der Waals surface area contributed by atoms with E-state index in [1.165, 1.54) is 51.6 Å². The highest BCUT2D eigenvalue weighted by Gasteiger charge is 2.38. The van der Waals surface area contributed by atoms with E-state index < -0.39 is 0 Å². The van der Waals surface area contributed by atoms with Crippen molar-refractivity contribution in [3.8, 4) is 0 Å². The maximum absolute atomic E-state index is 2.72. The number of unbranched alkanes of at least 4 members (excludes halogenated alkanes) is 1. The van der Waals surface area contributed by atoms with E-state index in [0.717, 1.165) is 5.92 Å². The van der Waals surface area contributed by atoms with Gasteiger partial charge in [0.2, 0.25) is 0 Å². The summed E-state index contributed by atoms with van der Waals surface area (Å²) in [6, 6.07) is 0. The fourth-order valence-corrected chi connectivity index (χ4v) is 3.69. The van der Waals surface area contributed by atoms with E-state index in [-0.39, 0.29) is 0 Å². The lowest BCUT2D eigenvalue weighted by molar-refractivity contribution is 0.0236. The molecule has 1 unspecified atom stereocenters. The molecule has 0 aliphatic rings. The summed E-state index contributed by atoms with van der Waals surface area (Å²) in [5.74, 6) is 0.873. The van der Waals surface area contributed by atoms with E-state index in [0.29, 0.717) is 5.54 Å². The largest absolute Gasteiger partial charge is 0.298 e. The molecular weight excluding hydrogens is 206 g/mol. The lowest BCUT2D eigenvalue weighted by atomic mass is 9.74. The normalized spacial score (nSPS) is 14.3. The van der Waals surface area contributed by atoms with E-state index in [1.54, 1.807) is 0 Å². The second-order valence-electron chi connectivity index (χ2n) is 5.23. The average Bonchev–Trinajstić information content (AvgIpc) is 2.38. The highest BCUT2D eigenvalue weighted by atomic mass is 15.2. The van der Waals surface area contributed by atoms with Gasteiger partial charge in [0.1, 0.15) is 0 Å². The van der Waals surface area contributed by atoms with E-state index in [1.807, 2.05) is 0 Å². The molecule has 104 valence electrons. The zero-order chi connectivity index (χ0) is 13.3.